The maximum absolute atomic E-state index is 8.95. The first-order chi connectivity index (χ1) is 9.06. The highest BCUT2D eigenvalue weighted by Gasteiger charge is 2.14. The van der Waals surface area contributed by atoms with Crippen molar-refractivity contribution in [2.24, 2.45) is 0 Å². The molecule has 0 amide bonds. The number of halogens is 3. The maximum atomic E-state index is 8.95. The lowest BCUT2D eigenvalue weighted by Crippen LogP contribution is -1.93. The molecule has 0 saturated carbocycles. The van der Waals surface area contributed by atoms with Crippen molar-refractivity contribution in [1.82, 2.24) is 4.98 Å². The first-order valence-electron chi connectivity index (χ1n) is 5.17. The molecule has 2 aromatic rings. The van der Waals surface area contributed by atoms with Crippen molar-refractivity contribution >= 4 is 34.8 Å². The van der Waals surface area contributed by atoms with E-state index in [0.29, 0.717) is 27.6 Å². The van der Waals surface area contributed by atoms with E-state index in [1.807, 2.05) is 6.07 Å². The lowest BCUT2D eigenvalue weighted by atomic mass is 10.1. The molecule has 96 valence electrons. The standard InChI is InChI=1S/C13H7Cl3N2O/c1-19-11-3-2-7(6-17)4-8(11)12-9(14)5-10(15)13(16)18-12/h2-5H,1H3. The summed E-state index contributed by atoms with van der Waals surface area (Å²) in [7, 11) is 1.52. The number of aromatic nitrogens is 1. The molecular weight excluding hydrogens is 307 g/mol. The van der Waals surface area contributed by atoms with Crippen LogP contribution in [0.5, 0.6) is 5.75 Å². The topological polar surface area (TPSA) is 45.9 Å². The number of pyridine rings is 1. The zero-order valence-electron chi connectivity index (χ0n) is 9.75. The van der Waals surface area contributed by atoms with Crippen LogP contribution in [0.25, 0.3) is 11.3 Å². The van der Waals surface area contributed by atoms with Crippen LogP contribution in [0, 0.1) is 11.3 Å². The van der Waals surface area contributed by atoms with Gasteiger partial charge < -0.3 is 4.74 Å². The van der Waals surface area contributed by atoms with Crippen LogP contribution >= 0.6 is 34.8 Å². The molecule has 0 aliphatic rings. The van der Waals surface area contributed by atoms with E-state index in [2.05, 4.69) is 4.98 Å². The van der Waals surface area contributed by atoms with Crippen LogP contribution in [0.3, 0.4) is 0 Å². The van der Waals surface area contributed by atoms with Gasteiger partial charge in [0.25, 0.3) is 0 Å². The minimum Gasteiger partial charge on any atom is -0.496 e. The molecule has 1 heterocycles. The molecule has 0 fully saturated rings. The quantitative estimate of drug-likeness (QED) is 0.762. The summed E-state index contributed by atoms with van der Waals surface area (Å²) in [4.78, 5) is 4.14. The summed E-state index contributed by atoms with van der Waals surface area (Å²) in [5.74, 6) is 0.548. The van der Waals surface area contributed by atoms with E-state index in [0.717, 1.165) is 0 Å². The molecule has 0 saturated heterocycles. The highest BCUT2D eigenvalue weighted by Crippen LogP contribution is 2.37. The second-order valence-electron chi connectivity index (χ2n) is 3.62. The van der Waals surface area contributed by atoms with Crippen molar-refractivity contribution < 1.29 is 4.74 Å². The third-order valence-corrected chi connectivity index (χ3v) is 3.43. The second kappa shape index (κ2) is 5.66. The van der Waals surface area contributed by atoms with Crippen LogP contribution in [-0.4, -0.2) is 12.1 Å². The smallest absolute Gasteiger partial charge is 0.148 e. The fourth-order valence-corrected chi connectivity index (χ4v) is 2.20. The molecule has 0 radical (unpaired) electrons. The van der Waals surface area contributed by atoms with Gasteiger partial charge in [-0.05, 0) is 24.3 Å². The van der Waals surface area contributed by atoms with Gasteiger partial charge >= 0.3 is 0 Å². The fraction of sp³-hybridized carbons (Fsp3) is 0.0769. The van der Waals surface area contributed by atoms with Crippen molar-refractivity contribution in [3.05, 3.63) is 45.0 Å². The number of hydrogen-bond donors (Lipinski definition) is 0. The van der Waals surface area contributed by atoms with Gasteiger partial charge in [-0.3, -0.25) is 0 Å². The van der Waals surface area contributed by atoms with E-state index in [-0.39, 0.29) is 10.2 Å². The van der Waals surface area contributed by atoms with Crippen LogP contribution in [0.1, 0.15) is 5.56 Å². The average molecular weight is 314 g/mol. The summed E-state index contributed by atoms with van der Waals surface area (Å²) in [6, 6.07) is 8.51. The molecule has 0 spiro atoms. The molecular formula is C13H7Cl3N2O. The molecule has 0 aliphatic carbocycles. The molecule has 0 atom stereocenters. The van der Waals surface area contributed by atoms with Crippen LogP contribution in [-0.2, 0) is 0 Å². The Kier molecular flexibility index (Phi) is 4.16. The maximum Gasteiger partial charge on any atom is 0.148 e. The van der Waals surface area contributed by atoms with Crippen molar-refractivity contribution in [1.29, 1.82) is 5.26 Å². The molecule has 3 nitrogen and oxygen atoms in total. The number of rotatable bonds is 2. The largest absolute Gasteiger partial charge is 0.496 e. The Morgan fingerprint density at radius 1 is 1.16 bits per heavy atom. The van der Waals surface area contributed by atoms with Crippen molar-refractivity contribution in [3.63, 3.8) is 0 Å². The van der Waals surface area contributed by atoms with Crippen LogP contribution < -0.4 is 4.74 Å². The number of ether oxygens (including phenoxy) is 1. The predicted molar refractivity (Wildman–Crippen MR) is 76.0 cm³/mol. The van der Waals surface area contributed by atoms with Gasteiger partial charge in [0.15, 0.2) is 0 Å². The van der Waals surface area contributed by atoms with Crippen LogP contribution in [0.15, 0.2) is 24.3 Å². The summed E-state index contributed by atoms with van der Waals surface area (Å²) in [5, 5.41) is 9.70. The minimum atomic E-state index is 0.144. The van der Waals surface area contributed by atoms with Crippen molar-refractivity contribution in [3.8, 4) is 23.1 Å². The Balaban J connectivity index is 2.70. The molecule has 19 heavy (non-hydrogen) atoms. The van der Waals surface area contributed by atoms with Gasteiger partial charge in [0.2, 0.25) is 0 Å². The predicted octanol–water partition coefficient (Wildman–Crippen LogP) is 4.59. The molecule has 0 aliphatic heterocycles. The van der Waals surface area contributed by atoms with E-state index >= 15 is 0 Å². The van der Waals surface area contributed by atoms with E-state index in [1.165, 1.54) is 13.2 Å². The first-order valence-corrected chi connectivity index (χ1v) is 6.30. The minimum absolute atomic E-state index is 0.144. The highest BCUT2D eigenvalue weighted by molar-refractivity contribution is 6.43. The van der Waals surface area contributed by atoms with E-state index < -0.39 is 0 Å². The zero-order chi connectivity index (χ0) is 14.0. The summed E-state index contributed by atoms with van der Waals surface area (Å²) >= 11 is 17.9. The summed E-state index contributed by atoms with van der Waals surface area (Å²) < 4.78 is 5.24. The van der Waals surface area contributed by atoms with Gasteiger partial charge in [0.05, 0.1) is 34.5 Å². The molecule has 0 unspecified atom stereocenters. The third-order valence-electron chi connectivity index (χ3n) is 2.47. The first kappa shape index (κ1) is 14.0. The summed E-state index contributed by atoms with van der Waals surface area (Å²) in [6.45, 7) is 0. The number of hydrogen-bond acceptors (Lipinski definition) is 3. The molecule has 1 aromatic carbocycles. The molecule has 6 heteroatoms. The molecule has 0 N–H and O–H groups in total. The van der Waals surface area contributed by atoms with Crippen LogP contribution in [0.2, 0.25) is 15.2 Å². The normalized spacial score (nSPS) is 10.1. The molecule has 0 bridgehead atoms. The molecule has 1 aromatic heterocycles. The fourth-order valence-electron chi connectivity index (χ4n) is 1.60. The molecule has 2 rings (SSSR count). The Morgan fingerprint density at radius 2 is 1.89 bits per heavy atom. The van der Waals surface area contributed by atoms with Crippen LogP contribution in [0.4, 0.5) is 0 Å². The van der Waals surface area contributed by atoms with Crippen molar-refractivity contribution in [2.45, 2.75) is 0 Å². The summed E-state index contributed by atoms with van der Waals surface area (Å²) in [5.41, 5.74) is 1.48. The van der Waals surface area contributed by atoms with E-state index in [9.17, 15) is 0 Å². The van der Waals surface area contributed by atoms with E-state index in [1.54, 1.807) is 18.2 Å². The Labute approximate surface area is 125 Å². The number of methoxy groups -OCH3 is 1. The summed E-state index contributed by atoms with van der Waals surface area (Å²) in [6.07, 6.45) is 0. The Bertz CT molecular complexity index is 680. The SMILES string of the molecule is COc1ccc(C#N)cc1-c1nc(Cl)c(Cl)cc1Cl. The van der Waals surface area contributed by atoms with Gasteiger partial charge in [0, 0.05) is 5.56 Å². The number of benzene rings is 1. The second-order valence-corrected chi connectivity index (χ2v) is 4.79. The zero-order valence-corrected chi connectivity index (χ0v) is 12.0. The van der Waals surface area contributed by atoms with Gasteiger partial charge in [-0.2, -0.15) is 5.26 Å². The van der Waals surface area contributed by atoms with Gasteiger partial charge in [-0.1, -0.05) is 34.8 Å². The lowest BCUT2D eigenvalue weighted by Gasteiger charge is -2.10. The van der Waals surface area contributed by atoms with Gasteiger partial charge in [-0.25, -0.2) is 4.98 Å². The van der Waals surface area contributed by atoms with Gasteiger partial charge in [-0.15, -0.1) is 0 Å². The monoisotopic (exact) mass is 312 g/mol. The van der Waals surface area contributed by atoms with Gasteiger partial charge in [0.1, 0.15) is 10.9 Å². The Morgan fingerprint density at radius 3 is 2.53 bits per heavy atom. The van der Waals surface area contributed by atoms with E-state index in [4.69, 9.17) is 44.8 Å². The lowest BCUT2D eigenvalue weighted by molar-refractivity contribution is 0.416. The third kappa shape index (κ3) is 2.76. The highest BCUT2D eigenvalue weighted by atomic mass is 35.5. The van der Waals surface area contributed by atoms with Crippen molar-refractivity contribution in [2.75, 3.05) is 7.11 Å². The number of nitriles is 1. The Hall–Kier alpha value is -1.47. The number of nitrogens with zero attached hydrogens (tertiary/aromatic N) is 2. The average Bonchev–Trinajstić information content (AvgIpc) is 2.42.